The van der Waals surface area contributed by atoms with Crippen molar-refractivity contribution in [3.63, 3.8) is 0 Å². The van der Waals surface area contributed by atoms with Crippen molar-refractivity contribution in [2.75, 3.05) is 21.3 Å². The molecule has 152 valence electrons. The van der Waals surface area contributed by atoms with Gasteiger partial charge in [0.15, 0.2) is 11.5 Å². The minimum absolute atomic E-state index is 0.0898. The van der Waals surface area contributed by atoms with Gasteiger partial charge in [0.25, 0.3) is 11.8 Å². The zero-order valence-electron chi connectivity index (χ0n) is 15.3. The number of benzene rings is 1. The summed E-state index contributed by atoms with van der Waals surface area (Å²) in [6.07, 6.45) is -5.33. The maximum absolute atomic E-state index is 14.0. The maximum Gasteiger partial charge on any atom is 0.425 e. The number of carbonyl (C=O) groups is 3. The Kier molecular flexibility index (Phi) is 5.57. The Balaban J connectivity index is 2.56. The first-order chi connectivity index (χ1) is 13.0. The van der Waals surface area contributed by atoms with Crippen molar-refractivity contribution >= 4 is 17.8 Å². The van der Waals surface area contributed by atoms with Gasteiger partial charge in [-0.1, -0.05) is 0 Å². The topological polar surface area (TPSA) is 103 Å². The van der Waals surface area contributed by atoms with Crippen LogP contribution in [-0.2, 0) is 14.3 Å². The fraction of sp³-hybridized carbons (Fsp3) is 0.353. The standard InChI is InChI=1S/C17H17F3N2O6/c1-8-12(14(24)28-4)16(15(25)21-8,17(18,19)20)22-13(23)9-5-6-10(26-2)11(7-9)27-3/h5-7H,1-4H3,(H,21,25)(H,22,23)/t16-/m1/s1. The van der Waals surface area contributed by atoms with Crippen LogP contribution in [0, 0.1) is 0 Å². The van der Waals surface area contributed by atoms with Crippen LogP contribution in [-0.4, -0.2) is 50.8 Å². The smallest absolute Gasteiger partial charge is 0.425 e. The third-order valence-electron chi connectivity index (χ3n) is 4.15. The predicted molar refractivity (Wildman–Crippen MR) is 88.7 cm³/mol. The van der Waals surface area contributed by atoms with Crippen molar-refractivity contribution in [3.8, 4) is 11.5 Å². The third-order valence-corrected chi connectivity index (χ3v) is 4.15. The van der Waals surface area contributed by atoms with Crippen molar-refractivity contribution in [2.45, 2.75) is 18.6 Å². The van der Waals surface area contributed by atoms with Gasteiger partial charge in [0.1, 0.15) is 5.57 Å². The molecule has 0 radical (unpaired) electrons. The Bertz CT molecular complexity index is 865. The van der Waals surface area contributed by atoms with Crippen molar-refractivity contribution in [2.24, 2.45) is 0 Å². The highest BCUT2D eigenvalue weighted by molar-refractivity contribution is 6.11. The number of amides is 2. The lowest BCUT2D eigenvalue weighted by molar-refractivity contribution is -0.188. The Hall–Kier alpha value is -3.24. The molecule has 28 heavy (non-hydrogen) atoms. The van der Waals surface area contributed by atoms with Gasteiger partial charge < -0.3 is 24.8 Å². The number of esters is 1. The van der Waals surface area contributed by atoms with Gasteiger partial charge >= 0.3 is 12.1 Å². The molecule has 0 aliphatic carbocycles. The van der Waals surface area contributed by atoms with E-state index in [0.29, 0.717) is 0 Å². The number of carbonyl (C=O) groups excluding carboxylic acids is 3. The van der Waals surface area contributed by atoms with E-state index in [-0.39, 0.29) is 22.8 Å². The minimum atomic E-state index is -5.33. The minimum Gasteiger partial charge on any atom is -0.493 e. The van der Waals surface area contributed by atoms with Gasteiger partial charge in [-0.3, -0.25) is 9.59 Å². The number of hydrogen-bond acceptors (Lipinski definition) is 6. The average Bonchev–Trinajstić information content (AvgIpc) is 2.90. The van der Waals surface area contributed by atoms with Crippen molar-refractivity contribution in [3.05, 3.63) is 35.0 Å². The SMILES string of the molecule is COC(=O)C1=C(C)NC(=O)[C@@]1(NC(=O)c1ccc(OC)c(OC)c1)C(F)(F)F. The molecule has 0 unspecified atom stereocenters. The summed E-state index contributed by atoms with van der Waals surface area (Å²) in [5.41, 5.74) is -5.26. The summed E-state index contributed by atoms with van der Waals surface area (Å²) in [6.45, 7) is 1.10. The first-order valence-electron chi connectivity index (χ1n) is 7.75. The van der Waals surface area contributed by atoms with Crippen LogP contribution in [0.15, 0.2) is 29.5 Å². The highest BCUT2D eigenvalue weighted by Gasteiger charge is 2.69. The molecule has 2 N–H and O–H groups in total. The molecule has 1 aromatic carbocycles. The number of methoxy groups -OCH3 is 3. The molecule has 0 bridgehead atoms. The molecule has 1 heterocycles. The molecule has 1 aliphatic heterocycles. The normalized spacial score (nSPS) is 19.2. The molecule has 11 heteroatoms. The number of rotatable bonds is 5. The molecule has 2 amide bonds. The Labute approximate surface area is 157 Å². The second kappa shape index (κ2) is 7.41. The summed E-state index contributed by atoms with van der Waals surface area (Å²) in [4.78, 5) is 36.8. The van der Waals surface area contributed by atoms with Gasteiger partial charge in [-0.05, 0) is 25.1 Å². The van der Waals surface area contributed by atoms with Crippen LogP contribution >= 0.6 is 0 Å². The first-order valence-corrected chi connectivity index (χ1v) is 7.75. The van der Waals surface area contributed by atoms with E-state index in [9.17, 15) is 27.6 Å². The lowest BCUT2D eigenvalue weighted by atomic mass is 9.88. The molecule has 0 saturated carbocycles. The molecule has 1 aromatic rings. The molecule has 0 aromatic heterocycles. The van der Waals surface area contributed by atoms with Gasteiger partial charge in [0, 0.05) is 11.3 Å². The van der Waals surface area contributed by atoms with Crippen LogP contribution in [0.2, 0.25) is 0 Å². The fourth-order valence-electron chi connectivity index (χ4n) is 2.81. The highest BCUT2D eigenvalue weighted by Crippen LogP contribution is 2.42. The van der Waals surface area contributed by atoms with E-state index in [1.807, 2.05) is 5.32 Å². The molecular formula is C17H17F3N2O6. The van der Waals surface area contributed by atoms with E-state index in [2.05, 4.69) is 4.74 Å². The number of allylic oxidation sites excluding steroid dienone is 1. The second-order valence-corrected chi connectivity index (χ2v) is 5.72. The summed E-state index contributed by atoms with van der Waals surface area (Å²) >= 11 is 0. The largest absolute Gasteiger partial charge is 0.493 e. The van der Waals surface area contributed by atoms with E-state index in [1.54, 1.807) is 5.32 Å². The summed E-state index contributed by atoms with van der Waals surface area (Å²) in [5.74, 6) is -3.95. The molecule has 8 nitrogen and oxygen atoms in total. The zero-order chi connectivity index (χ0) is 21.3. The van der Waals surface area contributed by atoms with Crippen molar-refractivity contribution < 1.29 is 41.8 Å². The van der Waals surface area contributed by atoms with Crippen molar-refractivity contribution in [1.82, 2.24) is 10.6 Å². The number of alkyl halides is 3. The van der Waals surface area contributed by atoms with Gasteiger partial charge in [0.05, 0.1) is 21.3 Å². The molecule has 0 spiro atoms. The van der Waals surface area contributed by atoms with Crippen LogP contribution in [0.5, 0.6) is 11.5 Å². The predicted octanol–water partition coefficient (Wildman–Crippen LogP) is 1.31. The number of hydrogen-bond donors (Lipinski definition) is 2. The van der Waals surface area contributed by atoms with Gasteiger partial charge in [-0.15, -0.1) is 0 Å². The van der Waals surface area contributed by atoms with Crippen LogP contribution in [0.25, 0.3) is 0 Å². The third kappa shape index (κ3) is 3.23. The summed E-state index contributed by atoms with van der Waals surface area (Å²) in [5, 5.41) is 3.59. The van der Waals surface area contributed by atoms with Gasteiger partial charge in [0.2, 0.25) is 5.54 Å². The summed E-state index contributed by atoms with van der Waals surface area (Å²) in [7, 11) is 3.49. The van der Waals surface area contributed by atoms with Crippen LogP contribution in [0.3, 0.4) is 0 Å². The molecule has 0 saturated heterocycles. The van der Waals surface area contributed by atoms with Gasteiger partial charge in [-0.2, -0.15) is 13.2 Å². The summed E-state index contributed by atoms with van der Waals surface area (Å²) < 4.78 is 56.3. The lowest BCUT2D eigenvalue weighted by Gasteiger charge is -2.31. The van der Waals surface area contributed by atoms with E-state index < -0.39 is 35.1 Å². The van der Waals surface area contributed by atoms with Crippen LogP contribution < -0.4 is 20.1 Å². The quantitative estimate of drug-likeness (QED) is 0.720. The van der Waals surface area contributed by atoms with E-state index >= 15 is 0 Å². The maximum atomic E-state index is 14.0. The van der Waals surface area contributed by atoms with E-state index in [4.69, 9.17) is 9.47 Å². The fourth-order valence-corrected chi connectivity index (χ4v) is 2.81. The van der Waals surface area contributed by atoms with Crippen LogP contribution in [0.1, 0.15) is 17.3 Å². The zero-order valence-corrected chi connectivity index (χ0v) is 15.3. The second-order valence-electron chi connectivity index (χ2n) is 5.72. The monoisotopic (exact) mass is 402 g/mol. The summed E-state index contributed by atoms with van der Waals surface area (Å²) in [6, 6.07) is 3.63. The van der Waals surface area contributed by atoms with E-state index in [0.717, 1.165) is 20.1 Å². The molecular weight excluding hydrogens is 385 g/mol. The average molecular weight is 402 g/mol. The van der Waals surface area contributed by atoms with Gasteiger partial charge in [-0.25, -0.2) is 4.79 Å². The Morgan fingerprint density at radius 3 is 2.21 bits per heavy atom. The van der Waals surface area contributed by atoms with E-state index in [1.165, 1.54) is 26.4 Å². The number of halogens is 3. The first kappa shape index (κ1) is 21.1. The molecule has 0 fully saturated rings. The van der Waals surface area contributed by atoms with Crippen LogP contribution in [0.4, 0.5) is 13.2 Å². The number of ether oxygens (including phenoxy) is 3. The Morgan fingerprint density at radius 1 is 1.11 bits per heavy atom. The molecule has 1 atom stereocenters. The van der Waals surface area contributed by atoms with Crippen molar-refractivity contribution in [1.29, 1.82) is 0 Å². The number of nitrogens with one attached hydrogen (secondary N) is 2. The Morgan fingerprint density at radius 2 is 1.71 bits per heavy atom. The molecule has 2 rings (SSSR count). The lowest BCUT2D eigenvalue weighted by Crippen LogP contribution is -2.66. The highest BCUT2D eigenvalue weighted by atomic mass is 19.4. The molecule has 1 aliphatic rings.